The van der Waals surface area contributed by atoms with Gasteiger partial charge >= 0.3 is 12.2 Å². The zero-order chi connectivity index (χ0) is 44.1. The summed E-state index contributed by atoms with van der Waals surface area (Å²) in [6.45, 7) is 4.78. The van der Waals surface area contributed by atoms with Crippen LogP contribution < -0.4 is 28.4 Å². The van der Waals surface area contributed by atoms with Crippen molar-refractivity contribution in [2.24, 2.45) is 0 Å². The molecule has 2 unspecified atom stereocenters. The van der Waals surface area contributed by atoms with Crippen molar-refractivity contribution in [2.45, 2.75) is 52.6 Å². The predicted molar refractivity (Wildman–Crippen MR) is 229 cm³/mol. The lowest BCUT2D eigenvalue weighted by atomic mass is 10.1. The second-order valence-electron chi connectivity index (χ2n) is 13.8. The smallest absolute Gasteiger partial charge is 0.410 e. The van der Waals surface area contributed by atoms with E-state index < -0.39 is 24.8 Å². The molecule has 0 saturated carbocycles. The Morgan fingerprint density at radius 2 is 0.790 bits per heavy atom. The van der Waals surface area contributed by atoms with Crippen molar-refractivity contribution < 1.29 is 57.0 Å². The van der Waals surface area contributed by atoms with Gasteiger partial charge in [0.05, 0.1) is 54.0 Å². The molecule has 0 radical (unpaired) electrons. The fraction of sp³-hybridized carbons (Fsp3) is 0.340. The summed E-state index contributed by atoms with van der Waals surface area (Å²) in [4.78, 5) is 34.0. The number of benzene rings is 4. The fourth-order valence-corrected chi connectivity index (χ4v) is 6.18. The number of hydrogen-bond donors (Lipinski definition) is 0. The first kappa shape index (κ1) is 46.4. The Labute approximate surface area is 362 Å². The summed E-state index contributed by atoms with van der Waals surface area (Å²) < 4.78 is 56.0. The summed E-state index contributed by atoms with van der Waals surface area (Å²) in [7, 11) is 6.39. The number of ether oxygens (including phenoxy) is 10. The first-order chi connectivity index (χ1) is 30.1. The monoisotopic (exact) mass is 853 g/mol. The van der Waals surface area contributed by atoms with Crippen LogP contribution in [0.3, 0.4) is 0 Å². The summed E-state index contributed by atoms with van der Waals surface area (Å²) in [6, 6.07) is 31.7. The van der Waals surface area contributed by atoms with E-state index in [1.54, 1.807) is 58.2 Å². The number of rotatable bonds is 24. The Balaban J connectivity index is 1.05. The molecule has 0 spiro atoms. The van der Waals surface area contributed by atoms with Crippen molar-refractivity contribution in [3.63, 3.8) is 0 Å². The second kappa shape index (κ2) is 24.5. The van der Waals surface area contributed by atoms with Crippen LogP contribution in [0.15, 0.2) is 116 Å². The van der Waals surface area contributed by atoms with Gasteiger partial charge in [0, 0.05) is 32.2 Å². The SMILES string of the molecule is COc1cccc(CN(Cc2cccc(OC)c2)C(=O)OCCOC(C)Oc2cncc(OC(C)OCCOC(=O)N(Cc3cccc(OC)c3)Cc3cccc(OC)c3)c2)c1. The van der Waals surface area contributed by atoms with Crippen LogP contribution in [0.4, 0.5) is 9.59 Å². The lowest BCUT2D eigenvalue weighted by Crippen LogP contribution is -2.32. The van der Waals surface area contributed by atoms with Crippen LogP contribution in [0.1, 0.15) is 36.1 Å². The number of carbonyl (C=O) groups is 2. The predicted octanol–water partition coefficient (Wildman–Crippen LogP) is 8.28. The molecule has 2 atom stereocenters. The van der Waals surface area contributed by atoms with Gasteiger partial charge in [0.2, 0.25) is 0 Å². The van der Waals surface area contributed by atoms with Gasteiger partial charge < -0.3 is 47.4 Å². The molecule has 15 nitrogen and oxygen atoms in total. The van der Waals surface area contributed by atoms with Crippen LogP contribution in [0.2, 0.25) is 0 Å². The van der Waals surface area contributed by atoms with E-state index in [4.69, 9.17) is 47.4 Å². The van der Waals surface area contributed by atoms with Gasteiger partial charge in [0.1, 0.15) is 47.7 Å². The van der Waals surface area contributed by atoms with Crippen molar-refractivity contribution in [3.05, 3.63) is 138 Å². The highest BCUT2D eigenvalue weighted by atomic mass is 16.7. The largest absolute Gasteiger partial charge is 0.497 e. The van der Waals surface area contributed by atoms with E-state index in [9.17, 15) is 9.59 Å². The number of nitrogens with zero attached hydrogens (tertiary/aromatic N) is 3. The van der Waals surface area contributed by atoms with Crippen LogP contribution in [0.25, 0.3) is 0 Å². The van der Waals surface area contributed by atoms with E-state index in [0.717, 1.165) is 22.3 Å². The van der Waals surface area contributed by atoms with Gasteiger partial charge in [-0.05, 0) is 84.6 Å². The third-order valence-electron chi connectivity index (χ3n) is 9.16. The minimum atomic E-state index is -0.703. The molecule has 2 amide bonds. The zero-order valence-corrected chi connectivity index (χ0v) is 36.0. The second-order valence-corrected chi connectivity index (χ2v) is 13.8. The quantitative estimate of drug-likeness (QED) is 0.0434. The zero-order valence-electron chi connectivity index (χ0n) is 36.0. The first-order valence-corrected chi connectivity index (χ1v) is 20.0. The molecule has 5 rings (SSSR count). The molecule has 1 aromatic heterocycles. The van der Waals surface area contributed by atoms with Crippen molar-refractivity contribution >= 4 is 12.2 Å². The van der Waals surface area contributed by atoms with Gasteiger partial charge in [-0.25, -0.2) is 9.59 Å². The fourth-order valence-electron chi connectivity index (χ4n) is 6.18. The van der Waals surface area contributed by atoms with Crippen LogP contribution in [-0.4, -0.2) is 94.4 Å². The summed E-state index contributed by atoms with van der Waals surface area (Å²) in [5.74, 6) is 3.55. The number of carbonyl (C=O) groups excluding carboxylic acids is 2. The molecule has 330 valence electrons. The molecule has 0 aliphatic rings. The lowest BCUT2D eigenvalue weighted by Gasteiger charge is -2.23. The lowest BCUT2D eigenvalue weighted by molar-refractivity contribution is -0.0821. The molecule has 62 heavy (non-hydrogen) atoms. The van der Waals surface area contributed by atoms with Crippen LogP contribution in [-0.2, 0) is 45.1 Å². The van der Waals surface area contributed by atoms with Gasteiger partial charge in [-0.1, -0.05) is 48.5 Å². The topological polar surface area (TPSA) is 146 Å². The van der Waals surface area contributed by atoms with Crippen molar-refractivity contribution in [3.8, 4) is 34.5 Å². The average Bonchev–Trinajstić information content (AvgIpc) is 3.29. The molecule has 0 aliphatic heterocycles. The molecule has 0 bridgehead atoms. The summed E-state index contributed by atoms with van der Waals surface area (Å²) in [5, 5.41) is 0. The Morgan fingerprint density at radius 3 is 1.10 bits per heavy atom. The van der Waals surface area contributed by atoms with Gasteiger partial charge in [-0.2, -0.15) is 0 Å². The van der Waals surface area contributed by atoms with Crippen molar-refractivity contribution in [2.75, 3.05) is 54.9 Å². The number of methoxy groups -OCH3 is 4. The summed E-state index contributed by atoms with van der Waals surface area (Å²) in [5.41, 5.74) is 3.53. The van der Waals surface area contributed by atoms with Crippen LogP contribution >= 0.6 is 0 Å². The molecule has 0 N–H and O–H groups in total. The molecule has 0 saturated heterocycles. The van der Waals surface area contributed by atoms with Crippen LogP contribution in [0.5, 0.6) is 34.5 Å². The molecule has 4 aromatic carbocycles. The Kier molecular flexibility index (Phi) is 18.3. The molecule has 5 aromatic rings. The normalized spacial score (nSPS) is 11.7. The van der Waals surface area contributed by atoms with Gasteiger partial charge in [-0.3, -0.25) is 14.8 Å². The van der Waals surface area contributed by atoms with Gasteiger partial charge in [-0.15, -0.1) is 0 Å². The highest BCUT2D eigenvalue weighted by molar-refractivity contribution is 5.68. The van der Waals surface area contributed by atoms with E-state index in [1.807, 2.05) is 97.1 Å². The van der Waals surface area contributed by atoms with Crippen LogP contribution in [0, 0.1) is 0 Å². The average molecular weight is 854 g/mol. The number of hydrogen-bond acceptors (Lipinski definition) is 13. The summed E-state index contributed by atoms with van der Waals surface area (Å²) >= 11 is 0. The molecule has 15 heteroatoms. The maximum atomic E-state index is 13.3. The van der Waals surface area contributed by atoms with Crippen molar-refractivity contribution in [1.29, 1.82) is 0 Å². The standard InChI is InChI=1S/C47H55N3O12/c1-34(57-19-21-59-46(51)49(30-36-11-7-15-40(23-36)53-3)31-37-12-8-16-41(24-37)54-4)61-44-27-45(29-48-28-44)62-35(2)58-20-22-60-47(52)50(32-38-13-9-17-42(25-38)55-5)33-39-14-10-18-43(26-39)56-6/h7-18,23-29,34-35H,19-22,30-33H2,1-6H3. The Morgan fingerprint density at radius 1 is 0.468 bits per heavy atom. The maximum absolute atomic E-state index is 13.3. The highest BCUT2D eigenvalue weighted by Crippen LogP contribution is 2.23. The van der Waals surface area contributed by atoms with Gasteiger partial charge in [0.25, 0.3) is 0 Å². The van der Waals surface area contributed by atoms with E-state index in [0.29, 0.717) is 60.7 Å². The van der Waals surface area contributed by atoms with E-state index >= 15 is 0 Å². The molecule has 0 fully saturated rings. The number of aromatic nitrogens is 1. The molecular weight excluding hydrogens is 799 g/mol. The minimum absolute atomic E-state index is 0.00659. The third-order valence-corrected chi connectivity index (χ3v) is 9.16. The Hall–Kier alpha value is -6.71. The molecular formula is C47H55N3O12. The number of pyridine rings is 1. The Bertz CT molecular complexity index is 1910. The first-order valence-electron chi connectivity index (χ1n) is 20.0. The molecule has 0 aliphatic carbocycles. The summed E-state index contributed by atoms with van der Waals surface area (Å²) in [6.07, 6.45) is 0.627. The van der Waals surface area contributed by atoms with E-state index in [-0.39, 0.29) is 26.4 Å². The molecule has 1 heterocycles. The van der Waals surface area contributed by atoms with E-state index in [1.165, 1.54) is 12.4 Å². The highest BCUT2D eigenvalue weighted by Gasteiger charge is 2.19. The maximum Gasteiger partial charge on any atom is 0.410 e. The van der Waals surface area contributed by atoms with Crippen molar-refractivity contribution in [1.82, 2.24) is 14.8 Å². The van der Waals surface area contributed by atoms with Gasteiger partial charge in [0.15, 0.2) is 12.6 Å². The minimum Gasteiger partial charge on any atom is -0.497 e. The van der Waals surface area contributed by atoms with E-state index in [2.05, 4.69) is 4.98 Å². The number of amides is 2. The third kappa shape index (κ3) is 15.4.